The highest BCUT2D eigenvalue weighted by Crippen LogP contribution is 2.15. The standard InChI is InChI=1S/C10H14N6O2S/c11-9-2-4-12-8-10(9)19(17,18)14-3-1-6-16-7-5-13-15-16/h2,4-5,7-8,14H,1,3,6H2,(H2,11,12). The van der Waals surface area contributed by atoms with Crippen molar-refractivity contribution >= 4 is 15.7 Å². The lowest BCUT2D eigenvalue weighted by Crippen LogP contribution is -2.26. The number of nitrogens with zero attached hydrogens (tertiary/aromatic N) is 4. The first-order valence-corrected chi connectivity index (χ1v) is 7.11. The molecule has 0 spiro atoms. The van der Waals surface area contributed by atoms with E-state index < -0.39 is 10.0 Å². The van der Waals surface area contributed by atoms with Gasteiger partial charge in [0, 0.05) is 31.7 Å². The van der Waals surface area contributed by atoms with Gasteiger partial charge in [0.1, 0.15) is 4.90 Å². The molecule has 2 heterocycles. The molecule has 0 aliphatic rings. The van der Waals surface area contributed by atoms with E-state index in [9.17, 15) is 8.42 Å². The van der Waals surface area contributed by atoms with Crippen LogP contribution in [-0.2, 0) is 16.6 Å². The Morgan fingerprint density at radius 3 is 2.89 bits per heavy atom. The van der Waals surface area contributed by atoms with Crippen LogP contribution in [0.4, 0.5) is 5.69 Å². The van der Waals surface area contributed by atoms with E-state index >= 15 is 0 Å². The van der Waals surface area contributed by atoms with Crippen molar-refractivity contribution in [2.24, 2.45) is 0 Å². The zero-order valence-corrected chi connectivity index (χ0v) is 10.9. The minimum Gasteiger partial charge on any atom is -0.398 e. The Bertz CT molecular complexity index is 625. The number of hydrogen-bond acceptors (Lipinski definition) is 6. The summed E-state index contributed by atoms with van der Waals surface area (Å²) in [6.07, 6.45) is 6.56. The number of nitrogens with two attached hydrogens (primary N) is 1. The summed E-state index contributed by atoms with van der Waals surface area (Å²) in [5.74, 6) is 0. The Morgan fingerprint density at radius 1 is 1.37 bits per heavy atom. The Hall–Kier alpha value is -2.00. The predicted octanol–water partition coefficient (Wildman–Crippen LogP) is -0.376. The molecule has 2 rings (SSSR count). The van der Waals surface area contributed by atoms with Crippen molar-refractivity contribution < 1.29 is 8.42 Å². The summed E-state index contributed by atoms with van der Waals surface area (Å²) in [5.41, 5.74) is 5.79. The van der Waals surface area contributed by atoms with E-state index in [2.05, 4.69) is 20.0 Å². The Kier molecular flexibility index (Phi) is 4.07. The van der Waals surface area contributed by atoms with Gasteiger partial charge in [0.05, 0.1) is 11.9 Å². The molecule has 0 unspecified atom stereocenters. The third-order valence-electron chi connectivity index (χ3n) is 2.43. The fraction of sp³-hybridized carbons (Fsp3) is 0.300. The molecule has 0 radical (unpaired) electrons. The van der Waals surface area contributed by atoms with E-state index in [1.165, 1.54) is 18.5 Å². The third-order valence-corrected chi connectivity index (χ3v) is 3.94. The van der Waals surface area contributed by atoms with E-state index in [1.54, 1.807) is 17.1 Å². The molecule has 2 aromatic rings. The molecular formula is C10H14N6O2S. The van der Waals surface area contributed by atoms with E-state index in [0.717, 1.165) is 0 Å². The van der Waals surface area contributed by atoms with Crippen LogP contribution in [-0.4, -0.2) is 34.9 Å². The third kappa shape index (κ3) is 3.48. The second kappa shape index (κ2) is 5.76. The molecule has 0 aliphatic heterocycles. The van der Waals surface area contributed by atoms with Gasteiger partial charge >= 0.3 is 0 Å². The van der Waals surface area contributed by atoms with E-state index in [1.807, 2.05) is 0 Å². The van der Waals surface area contributed by atoms with Crippen molar-refractivity contribution in [3.05, 3.63) is 30.9 Å². The number of nitrogen functional groups attached to an aromatic ring is 1. The molecule has 0 saturated heterocycles. The highest BCUT2D eigenvalue weighted by Gasteiger charge is 2.16. The minimum absolute atomic E-state index is 0.00393. The van der Waals surface area contributed by atoms with Crippen LogP contribution in [0.5, 0.6) is 0 Å². The molecule has 9 heteroatoms. The molecule has 19 heavy (non-hydrogen) atoms. The predicted molar refractivity (Wildman–Crippen MR) is 68.5 cm³/mol. The SMILES string of the molecule is Nc1ccncc1S(=O)(=O)NCCCn1ccnn1. The number of nitrogens with one attached hydrogen (secondary N) is 1. The fourth-order valence-corrected chi connectivity index (χ4v) is 2.64. The van der Waals surface area contributed by atoms with E-state index in [-0.39, 0.29) is 17.1 Å². The maximum absolute atomic E-state index is 11.9. The summed E-state index contributed by atoms with van der Waals surface area (Å²) < 4.78 is 28.0. The lowest BCUT2D eigenvalue weighted by Gasteiger charge is -2.08. The van der Waals surface area contributed by atoms with Gasteiger partial charge in [-0.3, -0.25) is 9.67 Å². The number of hydrogen-bond donors (Lipinski definition) is 2. The maximum Gasteiger partial charge on any atom is 0.244 e. The second-order valence-electron chi connectivity index (χ2n) is 3.83. The van der Waals surface area contributed by atoms with Crippen molar-refractivity contribution in [1.82, 2.24) is 24.7 Å². The lowest BCUT2D eigenvalue weighted by molar-refractivity contribution is 0.542. The monoisotopic (exact) mass is 282 g/mol. The zero-order chi connectivity index (χ0) is 13.7. The van der Waals surface area contributed by atoms with Crippen molar-refractivity contribution in [1.29, 1.82) is 0 Å². The van der Waals surface area contributed by atoms with Crippen LogP contribution >= 0.6 is 0 Å². The molecule has 0 fully saturated rings. The van der Waals surface area contributed by atoms with E-state index in [4.69, 9.17) is 5.73 Å². The Morgan fingerprint density at radius 2 is 2.21 bits per heavy atom. The van der Waals surface area contributed by atoms with Crippen LogP contribution < -0.4 is 10.5 Å². The number of aryl methyl sites for hydroxylation is 1. The summed E-state index contributed by atoms with van der Waals surface area (Å²) in [7, 11) is -3.61. The number of sulfonamides is 1. The molecule has 0 bridgehead atoms. The van der Waals surface area contributed by atoms with E-state index in [0.29, 0.717) is 13.0 Å². The molecule has 3 N–H and O–H groups in total. The molecule has 0 saturated carbocycles. The first-order valence-electron chi connectivity index (χ1n) is 5.63. The normalized spacial score (nSPS) is 11.6. The summed E-state index contributed by atoms with van der Waals surface area (Å²) >= 11 is 0. The van der Waals surface area contributed by atoms with Crippen LogP contribution in [0.1, 0.15) is 6.42 Å². The maximum atomic E-state index is 11.9. The summed E-state index contributed by atoms with van der Waals surface area (Å²) in [5, 5.41) is 7.44. The number of rotatable bonds is 6. The minimum atomic E-state index is -3.61. The van der Waals surface area contributed by atoms with Crippen molar-refractivity contribution in [3.63, 3.8) is 0 Å². The average molecular weight is 282 g/mol. The number of pyridine rings is 1. The fourth-order valence-electron chi connectivity index (χ4n) is 1.49. The first-order chi connectivity index (χ1) is 9.09. The van der Waals surface area contributed by atoms with Gasteiger partial charge in [-0.1, -0.05) is 5.21 Å². The molecule has 0 aliphatic carbocycles. The molecule has 8 nitrogen and oxygen atoms in total. The topological polar surface area (TPSA) is 116 Å². The summed E-state index contributed by atoms with van der Waals surface area (Å²) in [4.78, 5) is 3.76. The van der Waals surface area contributed by atoms with Crippen LogP contribution in [0.2, 0.25) is 0 Å². The van der Waals surface area contributed by atoms with Crippen LogP contribution in [0, 0.1) is 0 Å². The summed E-state index contributed by atoms with van der Waals surface area (Å²) in [6.45, 7) is 0.877. The first kappa shape index (κ1) is 13.4. The largest absolute Gasteiger partial charge is 0.398 e. The van der Waals surface area contributed by atoms with Gasteiger partial charge in [-0.25, -0.2) is 13.1 Å². The van der Waals surface area contributed by atoms with Crippen molar-refractivity contribution in [3.8, 4) is 0 Å². The molecule has 0 amide bonds. The lowest BCUT2D eigenvalue weighted by atomic mass is 10.4. The quantitative estimate of drug-likeness (QED) is 0.698. The second-order valence-corrected chi connectivity index (χ2v) is 5.57. The van der Waals surface area contributed by atoms with Gasteiger partial charge in [-0.2, -0.15) is 0 Å². The number of anilines is 1. The van der Waals surface area contributed by atoms with Crippen molar-refractivity contribution in [2.75, 3.05) is 12.3 Å². The smallest absolute Gasteiger partial charge is 0.244 e. The average Bonchev–Trinajstić information content (AvgIpc) is 2.88. The van der Waals surface area contributed by atoms with Gasteiger partial charge in [0.2, 0.25) is 10.0 Å². The molecule has 0 atom stereocenters. The Labute approximate surface area is 110 Å². The van der Waals surface area contributed by atoms with Gasteiger partial charge in [0.15, 0.2) is 0 Å². The van der Waals surface area contributed by atoms with Gasteiger partial charge in [-0.15, -0.1) is 5.10 Å². The van der Waals surface area contributed by atoms with Crippen LogP contribution in [0.25, 0.3) is 0 Å². The Balaban J connectivity index is 1.90. The zero-order valence-electron chi connectivity index (χ0n) is 10.1. The molecule has 0 aromatic carbocycles. The number of aromatic nitrogens is 4. The molecular weight excluding hydrogens is 268 g/mol. The molecule has 102 valence electrons. The van der Waals surface area contributed by atoms with Gasteiger partial charge in [-0.05, 0) is 12.5 Å². The van der Waals surface area contributed by atoms with Crippen LogP contribution in [0.15, 0.2) is 35.7 Å². The van der Waals surface area contributed by atoms with Gasteiger partial charge < -0.3 is 5.73 Å². The van der Waals surface area contributed by atoms with Crippen LogP contribution in [0.3, 0.4) is 0 Å². The van der Waals surface area contributed by atoms with Gasteiger partial charge in [0.25, 0.3) is 0 Å². The molecule has 2 aromatic heterocycles. The highest BCUT2D eigenvalue weighted by atomic mass is 32.2. The van der Waals surface area contributed by atoms with Crippen molar-refractivity contribution in [2.45, 2.75) is 17.9 Å². The highest BCUT2D eigenvalue weighted by molar-refractivity contribution is 7.89. The summed E-state index contributed by atoms with van der Waals surface area (Å²) in [6, 6.07) is 1.45.